The minimum atomic E-state index is -0.463. The number of nitrogens with zero attached hydrogens (tertiary/aromatic N) is 2. The van der Waals surface area contributed by atoms with Gasteiger partial charge >= 0.3 is 0 Å². The second-order valence-corrected chi connectivity index (χ2v) is 4.64. The van der Waals surface area contributed by atoms with Gasteiger partial charge in [-0.2, -0.15) is 10.4 Å². The predicted octanol–water partition coefficient (Wildman–Crippen LogP) is 2.31. The number of hydrazone groups is 1. The third-order valence-corrected chi connectivity index (χ3v) is 2.88. The topological polar surface area (TPSA) is 127 Å². The lowest BCUT2D eigenvalue weighted by Gasteiger charge is -2.07. The molecule has 2 aromatic carbocycles. The summed E-state index contributed by atoms with van der Waals surface area (Å²) in [6.07, 6.45) is 0. The zero-order chi connectivity index (χ0) is 17.5. The molecule has 5 N–H and O–H groups in total. The lowest BCUT2D eigenvalue weighted by molar-refractivity contribution is 0.102. The highest BCUT2D eigenvalue weighted by atomic mass is 19.1. The fraction of sp³-hybridized carbons (Fsp3) is 0. The Morgan fingerprint density at radius 3 is 2.54 bits per heavy atom. The molecule has 0 heterocycles. The van der Waals surface area contributed by atoms with Crippen molar-refractivity contribution < 1.29 is 9.18 Å². The van der Waals surface area contributed by atoms with Gasteiger partial charge in [-0.3, -0.25) is 15.6 Å². The maximum absolute atomic E-state index is 12.9. The number of halogens is 1. The Labute approximate surface area is 137 Å². The molecule has 1 amide bonds. The third-order valence-electron chi connectivity index (χ3n) is 2.88. The summed E-state index contributed by atoms with van der Waals surface area (Å²) in [5, 5.41) is 22.3. The molecule has 0 atom stereocenters. The maximum atomic E-state index is 12.9. The van der Waals surface area contributed by atoms with Crippen LogP contribution < -0.4 is 16.5 Å². The fourth-order valence-corrected chi connectivity index (χ4v) is 1.73. The molecule has 0 saturated carbocycles. The number of nitriles is 1. The van der Waals surface area contributed by atoms with Crippen molar-refractivity contribution in [1.82, 2.24) is 0 Å². The van der Waals surface area contributed by atoms with E-state index in [1.807, 2.05) is 0 Å². The number of anilines is 2. The molecule has 0 unspecified atom stereocenters. The summed E-state index contributed by atoms with van der Waals surface area (Å²) in [6.45, 7) is 0. The Morgan fingerprint density at radius 1 is 1.21 bits per heavy atom. The molecule has 0 bridgehead atoms. The average molecular weight is 324 g/mol. The van der Waals surface area contributed by atoms with Gasteiger partial charge in [0.25, 0.3) is 5.91 Å². The molecule has 0 spiro atoms. The number of rotatable bonds is 5. The first kappa shape index (κ1) is 16.6. The molecule has 2 rings (SSSR count). The molecular weight excluding hydrogens is 311 g/mol. The number of amides is 1. The number of benzene rings is 2. The molecule has 0 aliphatic carbocycles. The second kappa shape index (κ2) is 7.51. The summed E-state index contributed by atoms with van der Waals surface area (Å²) in [5.41, 5.74) is 8.71. The van der Waals surface area contributed by atoms with Crippen molar-refractivity contribution in [1.29, 1.82) is 10.7 Å². The number of carbonyl (C=O) groups excluding carboxylic acids is 1. The van der Waals surface area contributed by atoms with E-state index in [1.54, 1.807) is 24.3 Å². The number of hydrogen-bond donors (Lipinski definition) is 4. The van der Waals surface area contributed by atoms with Crippen LogP contribution in [0.25, 0.3) is 0 Å². The van der Waals surface area contributed by atoms with Crippen molar-refractivity contribution >= 4 is 28.8 Å². The van der Waals surface area contributed by atoms with Gasteiger partial charge in [0.2, 0.25) is 5.71 Å². The summed E-state index contributed by atoms with van der Waals surface area (Å²) in [4.78, 5) is 12.2. The number of carbonyl (C=O) groups is 1. The SMILES string of the molecule is N#C/C(=N\Nc1cccc(C(=O)Nc2ccc(F)cc2)c1)C(=N)N. The minimum Gasteiger partial charge on any atom is -0.382 e. The van der Waals surface area contributed by atoms with E-state index >= 15 is 0 Å². The first-order valence-electron chi connectivity index (χ1n) is 6.75. The normalized spacial score (nSPS) is 10.6. The van der Waals surface area contributed by atoms with Gasteiger partial charge in [-0.1, -0.05) is 6.07 Å². The molecule has 0 aliphatic rings. The zero-order valence-electron chi connectivity index (χ0n) is 12.4. The van der Waals surface area contributed by atoms with Crippen molar-refractivity contribution in [2.24, 2.45) is 10.8 Å². The monoisotopic (exact) mass is 324 g/mol. The molecule has 0 saturated heterocycles. The van der Waals surface area contributed by atoms with Crippen LogP contribution in [-0.4, -0.2) is 17.5 Å². The van der Waals surface area contributed by atoms with Gasteiger partial charge in [0.05, 0.1) is 5.69 Å². The number of nitrogens with one attached hydrogen (secondary N) is 3. The molecule has 0 aliphatic heterocycles. The number of hydrogen-bond acceptors (Lipinski definition) is 5. The average Bonchev–Trinajstić information content (AvgIpc) is 2.57. The van der Waals surface area contributed by atoms with Crippen LogP contribution in [0.3, 0.4) is 0 Å². The Morgan fingerprint density at radius 2 is 1.92 bits per heavy atom. The second-order valence-electron chi connectivity index (χ2n) is 4.64. The molecule has 0 fully saturated rings. The smallest absolute Gasteiger partial charge is 0.255 e. The molecule has 120 valence electrons. The van der Waals surface area contributed by atoms with Crippen molar-refractivity contribution in [2.75, 3.05) is 10.7 Å². The fourth-order valence-electron chi connectivity index (χ4n) is 1.73. The molecule has 0 aromatic heterocycles. The van der Waals surface area contributed by atoms with Crippen LogP contribution in [0.4, 0.5) is 15.8 Å². The Bertz CT molecular complexity index is 838. The van der Waals surface area contributed by atoms with Gasteiger partial charge in [0.15, 0.2) is 5.84 Å². The Balaban J connectivity index is 2.12. The van der Waals surface area contributed by atoms with Crippen LogP contribution in [0, 0.1) is 22.6 Å². The van der Waals surface area contributed by atoms with Crippen LogP contribution in [-0.2, 0) is 0 Å². The predicted molar refractivity (Wildman–Crippen MR) is 89.4 cm³/mol. The Kier molecular flexibility index (Phi) is 5.20. The molecular formula is C16H13FN6O. The number of nitrogens with two attached hydrogens (primary N) is 1. The van der Waals surface area contributed by atoms with Crippen LogP contribution >= 0.6 is 0 Å². The van der Waals surface area contributed by atoms with E-state index in [0.29, 0.717) is 16.9 Å². The number of amidine groups is 1. The largest absolute Gasteiger partial charge is 0.382 e. The van der Waals surface area contributed by atoms with Crippen LogP contribution in [0.2, 0.25) is 0 Å². The standard InChI is InChI=1S/C16H13FN6O/c17-11-4-6-12(7-5-11)21-16(24)10-2-1-3-13(8-10)22-23-14(9-18)15(19)20/h1-8,22H,(H3,19,20)(H,21,24)/b23-14+. The maximum Gasteiger partial charge on any atom is 0.255 e. The van der Waals surface area contributed by atoms with E-state index in [4.69, 9.17) is 16.4 Å². The van der Waals surface area contributed by atoms with Crippen molar-refractivity contribution in [3.63, 3.8) is 0 Å². The van der Waals surface area contributed by atoms with Gasteiger partial charge in [-0.05, 0) is 42.5 Å². The first-order valence-corrected chi connectivity index (χ1v) is 6.75. The van der Waals surface area contributed by atoms with Crippen LogP contribution in [0.1, 0.15) is 10.4 Å². The van der Waals surface area contributed by atoms with E-state index in [9.17, 15) is 9.18 Å². The van der Waals surface area contributed by atoms with Crippen molar-refractivity contribution in [3.05, 3.63) is 59.9 Å². The minimum absolute atomic E-state index is 0.267. The van der Waals surface area contributed by atoms with E-state index in [1.165, 1.54) is 30.3 Å². The summed E-state index contributed by atoms with van der Waals surface area (Å²) in [6, 6.07) is 13.4. The highest BCUT2D eigenvalue weighted by Gasteiger charge is 2.07. The van der Waals surface area contributed by atoms with Crippen molar-refractivity contribution in [2.45, 2.75) is 0 Å². The van der Waals surface area contributed by atoms with Gasteiger partial charge < -0.3 is 11.1 Å². The third kappa shape index (κ3) is 4.38. The zero-order valence-corrected chi connectivity index (χ0v) is 12.4. The molecule has 7 nitrogen and oxygen atoms in total. The molecule has 0 radical (unpaired) electrons. The van der Waals surface area contributed by atoms with Gasteiger partial charge in [-0.15, -0.1) is 0 Å². The highest BCUT2D eigenvalue weighted by Crippen LogP contribution is 2.14. The molecule has 8 heteroatoms. The molecule has 24 heavy (non-hydrogen) atoms. The van der Waals surface area contributed by atoms with Crippen molar-refractivity contribution in [3.8, 4) is 6.07 Å². The summed E-state index contributed by atoms with van der Waals surface area (Å²) >= 11 is 0. The summed E-state index contributed by atoms with van der Waals surface area (Å²) < 4.78 is 12.9. The lowest BCUT2D eigenvalue weighted by Crippen LogP contribution is -2.21. The summed E-state index contributed by atoms with van der Waals surface area (Å²) in [5.74, 6) is -1.24. The quantitative estimate of drug-likeness (QED) is 0.382. The lowest BCUT2D eigenvalue weighted by atomic mass is 10.2. The van der Waals surface area contributed by atoms with E-state index in [2.05, 4.69) is 15.8 Å². The van der Waals surface area contributed by atoms with E-state index in [-0.39, 0.29) is 11.6 Å². The highest BCUT2D eigenvalue weighted by molar-refractivity contribution is 6.45. The van der Waals surface area contributed by atoms with Gasteiger partial charge in [-0.25, -0.2) is 4.39 Å². The Hall–Kier alpha value is -3.73. The summed E-state index contributed by atoms with van der Waals surface area (Å²) in [7, 11) is 0. The van der Waals surface area contributed by atoms with E-state index < -0.39 is 11.7 Å². The van der Waals surface area contributed by atoms with Gasteiger partial charge in [0.1, 0.15) is 11.9 Å². The molecule has 2 aromatic rings. The van der Waals surface area contributed by atoms with Crippen LogP contribution in [0.15, 0.2) is 53.6 Å². The van der Waals surface area contributed by atoms with Gasteiger partial charge in [0, 0.05) is 11.3 Å². The first-order chi connectivity index (χ1) is 11.5. The van der Waals surface area contributed by atoms with E-state index in [0.717, 1.165) is 0 Å². The van der Waals surface area contributed by atoms with Crippen LogP contribution in [0.5, 0.6) is 0 Å².